The molecule has 19 heavy (non-hydrogen) atoms. The van der Waals surface area contributed by atoms with Crippen molar-refractivity contribution in [1.29, 1.82) is 0 Å². The van der Waals surface area contributed by atoms with Gasteiger partial charge in [0, 0.05) is 18.7 Å². The molecule has 0 saturated carbocycles. The molecule has 0 spiro atoms. The Bertz CT molecular complexity index is 517. The highest BCUT2D eigenvalue weighted by atomic mass is 32.2. The maximum atomic E-state index is 11.4. The van der Waals surface area contributed by atoms with E-state index in [1.807, 2.05) is 0 Å². The van der Waals surface area contributed by atoms with Crippen LogP contribution in [0.25, 0.3) is 0 Å². The first kappa shape index (κ1) is 16.1. The van der Waals surface area contributed by atoms with E-state index in [1.54, 1.807) is 6.92 Å². The Hall–Kier alpha value is -0.950. The number of aromatic nitrogens is 2. The second kappa shape index (κ2) is 5.58. The average molecular weight is 289 g/mol. The third-order valence-corrected chi connectivity index (χ3v) is 4.30. The second-order valence-electron chi connectivity index (χ2n) is 6.25. The molecule has 0 aliphatic heterocycles. The molecule has 7 heteroatoms. The Labute approximate surface area is 114 Å². The normalized spacial score (nSPS) is 16.3. The Morgan fingerprint density at radius 2 is 1.95 bits per heavy atom. The summed E-state index contributed by atoms with van der Waals surface area (Å²) in [4.78, 5) is 4.11. The third kappa shape index (κ3) is 5.28. The number of hydrogen-bond acceptors (Lipinski definition) is 6. The molecule has 1 rings (SSSR count). The molecule has 110 valence electrons. The number of nitrogens with two attached hydrogens (primary N) is 1. The van der Waals surface area contributed by atoms with Gasteiger partial charge < -0.3 is 10.3 Å². The summed E-state index contributed by atoms with van der Waals surface area (Å²) in [6.07, 6.45) is 2.44. The number of hydrogen-bond donors (Lipinski definition) is 1. The molecule has 0 bridgehead atoms. The van der Waals surface area contributed by atoms with Gasteiger partial charge in [-0.1, -0.05) is 25.9 Å². The summed E-state index contributed by atoms with van der Waals surface area (Å²) in [6.45, 7) is 7.87. The highest BCUT2D eigenvalue weighted by molar-refractivity contribution is 7.90. The topological polar surface area (TPSA) is 99.1 Å². The lowest BCUT2D eigenvalue weighted by Gasteiger charge is -2.21. The molecular weight excluding hydrogens is 266 g/mol. The predicted octanol–water partition coefficient (Wildman–Crippen LogP) is 1.48. The van der Waals surface area contributed by atoms with Crippen LogP contribution in [-0.4, -0.2) is 30.9 Å². The molecule has 6 nitrogen and oxygen atoms in total. The van der Waals surface area contributed by atoms with Crippen molar-refractivity contribution in [2.24, 2.45) is 11.1 Å². The summed E-state index contributed by atoms with van der Waals surface area (Å²) in [6, 6.07) is -0.0816. The molecule has 1 heterocycles. The highest BCUT2D eigenvalue weighted by Crippen LogP contribution is 2.22. The van der Waals surface area contributed by atoms with Gasteiger partial charge in [-0.05, 0) is 18.8 Å². The molecule has 2 unspecified atom stereocenters. The number of nitrogens with zero attached hydrogens (tertiary/aromatic N) is 2. The smallest absolute Gasteiger partial charge is 0.228 e. The predicted molar refractivity (Wildman–Crippen MR) is 73.3 cm³/mol. The SMILES string of the molecule is CC(c1noc(CC(N)CC(C)(C)C)n1)S(C)(=O)=O. The van der Waals surface area contributed by atoms with Gasteiger partial charge in [-0.25, -0.2) is 8.42 Å². The van der Waals surface area contributed by atoms with Crippen LogP contribution < -0.4 is 5.73 Å². The van der Waals surface area contributed by atoms with E-state index in [-0.39, 0.29) is 17.3 Å². The molecule has 2 atom stereocenters. The molecule has 0 fully saturated rings. The first-order valence-corrected chi connectivity index (χ1v) is 8.21. The molecular formula is C12H23N3O3S. The van der Waals surface area contributed by atoms with Gasteiger partial charge in [-0.3, -0.25) is 0 Å². The molecule has 0 aliphatic rings. The minimum absolute atomic E-state index is 0.0816. The molecule has 0 aliphatic carbocycles. The van der Waals surface area contributed by atoms with Crippen molar-refractivity contribution in [3.05, 3.63) is 11.7 Å². The lowest BCUT2D eigenvalue weighted by molar-refractivity contribution is 0.312. The van der Waals surface area contributed by atoms with Crippen LogP contribution >= 0.6 is 0 Å². The van der Waals surface area contributed by atoms with Crippen LogP contribution in [0.5, 0.6) is 0 Å². The van der Waals surface area contributed by atoms with Crippen molar-refractivity contribution in [3.63, 3.8) is 0 Å². The highest BCUT2D eigenvalue weighted by Gasteiger charge is 2.24. The van der Waals surface area contributed by atoms with E-state index in [0.717, 1.165) is 12.7 Å². The van der Waals surface area contributed by atoms with E-state index >= 15 is 0 Å². The van der Waals surface area contributed by atoms with E-state index in [9.17, 15) is 8.42 Å². The van der Waals surface area contributed by atoms with Gasteiger partial charge >= 0.3 is 0 Å². The van der Waals surface area contributed by atoms with Crippen LogP contribution in [0.4, 0.5) is 0 Å². The lowest BCUT2D eigenvalue weighted by Crippen LogP contribution is -2.28. The van der Waals surface area contributed by atoms with Gasteiger partial charge in [0.25, 0.3) is 0 Å². The Morgan fingerprint density at radius 3 is 2.42 bits per heavy atom. The summed E-state index contributed by atoms with van der Waals surface area (Å²) in [5.41, 5.74) is 6.14. The monoisotopic (exact) mass is 289 g/mol. The molecule has 0 amide bonds. The molecule has 0 radical (unpaired) electrons. The Kier molecular flexibility index (Phi) is 4.73. The fraction of sp³-hybridized carbons (Fsp3) is 0.833. The molecule has 1 aromatic heterocycles. The third-order valence-electron chi connectivity index (χ3n) is 2.80. The Morgan fingerprint density at radius 1 is 1.37 bits per heavy atom. The Balaban J connectivity index is 2.71. The minimum Gasteiger partial charge on any atom is -0.339 e. The van der Waals surface area contributed by atoms with Crippen molar-refractivity contribution >= 4 is 9.84 Å². The van der Waals surface area contributed by atoms with Crippen LogP contribution in [0.2, 0.25) is 0 Å². The van der Waals surface area contributed by atoms with Crippen molar-refractivity contribution in [3.8, 4) is 0 Å². The fourth-order valence-corrected chi connectivity index (χ4v) is 2.27. The van der Waals surface area contributed by atoms with Crippen LogP contribution in [0.1, 0.15) is 51.1 Å². The van der Waals surface area contributed by atoms with Crippen molar-refractivity contribution < 1.29 is 12.9 Å². The van der Waals surface area contributed by atoms with E-state index in [0.29, 0.717) is 12.3 Å². The van der Waals surface area contributed by atoms with Crippen molar-refractivity contribution in [2.45, 2.75) is 51.8 Å². The summed E-state index contributed by atoms with van der Waals surface area (Å²) in [5, 5.41) is 2.95. The summed E-state index contributed by atoms with van der Waals surface area (Å²) < 4.78 is 27.9. The van der Waals surface area contributed by atoms with Gasteiger partial charge in [0.15, 0.2) is 15.7 Å². The zero-order valence-electron chi connectivity index (χ0n) is 12.2. The second-order valence-corrected chi connectivity index (χ2v) is 8.61. The fourth-order valence-electron chi connectivity index (χ4n) is 1.79. The van der Waals surface area contributed by atoms with Crippen LogP contribution in [-0.2, 0) is 16.3 Å². The van der Waals surface area contributed by atoms with Crippen LogP contribution in [0.3, 0.4) is 0 Å². The molecule has 1 aromatic rings. The summed E-state index contributed by atoms with van der Waals surface area (Å²) in [7, 11) is -3.22. The van der Waals surface area contributed by atoms with Crippen molar-refractivity contribution in [1.82, 2.24) is 10.1 Å². The largest absolute Gasteiger partial charge is 0.339 e. The van der Waals surface area contributed by atoms with E-state index in [2.05, 4.69) is 30.9 Å². The minimum atomic E-state index is -3.22. The van der Waals surface area contributed by atoms with Crippen LogP contribution in [0.15, 0.2) is 4.52 Å². The van der Waals surface area contributed by atoms with Gasteiger partial charge in [-0.2, -0.15) is 4.98 Å². The quantitative estimate of drug-likeness (QED) is 0.881. The van der Waals surface area contributed by atoms with E-state index < -0.39 is 15.1 Å². The summed E-state index contributed by atoms with van der Waals surface area (Å²) >= 11 is 0. The van der Waals surface area contributed by atoms with E-state index in [4.69, 9.17) is 10.3 Å². The van der Waals surface area contributed by atoms with Gasteiger partial charge in [0.2, 0.25) is 5.89 Å². The van der Waals surface area contributed by atoms with Gasteiger partial charge in [0.1, 0.15) is 5.25 Å². The number of rotatable bonds is 5. The first-order valence-electron chi connectivity index (χ1n) is 6.26. The van der Waals surface area contributed by atoms with Gasteiger partial charge in [0.05, 0.1) is 0 Å². The van der Waals surface area contributed by atoms with Gasteiger partial charge in [-0.15, -0.1) is 0 Å². The zero-order chi connectivity index (χ0) is 14.8. The molecule has 0 saturated heterocycles. The summed E-state index contributed by atoms with van der Waals surface area (Å²) in [5.74, 6) is 0.586. The lowest BCUT2D eigenvalue weighted by atomic mass is 9.87. The average Bonchev–Trinajstić information content (AvgIpc) is 2.60. The van der Waals surface area contributed by atoms with Crippen molar-refractivity contribution in [2.75, 3.05) is 6.26 Å². The van der Waals surface area contributed by atoms with Crippen LogP contribution in [0, 0.1) is 5.41 Å². The first-order chi connectivity index (χ1) is 8.49. The molecule has 2 N–H and O–H groups in total. The number of sulfone groups is 1. The maximum absolute atomic E-state index is 11.4. The van der Waals surface area contributed by atoms with E-state index in [1.165, 1.54) is 0 Å². The molecule has 0 aromatic carbocycles. The standard InChI is InChI=1S/C12H23N3O3S/c1-8(19(5,16)17)11-14-10(18-15-11)6-9(13)7-12(2,3)4/h8-9H,6-7,13H2,1-5H3. The maximum Gasteiger partial charge on any atom is 0.228 e. The zero-order valence-corrected chi connectivity index (χ0v) is 13.0.